The number of aromatic nitrogens is 3. The first kappa shape index (κ1) is 14.8. The number of methoxy groups -OCH3 is 1. The van der Waals surface area contributed by atoms with E-state index in [-0.39, 0.29) is 5.56 Å². The molecule has 0 unspecified atom stereocenters. The van der Waals surface area contributed by atoms with E-state index >= 15 is 0 Å². The lowest BCUT2D eigenvalue weighted by molar-refractivity contribution is 0.0697. The topological polar surface area (TPSA) is 77.2 Å². The van der Waals surface area contributed by atoms with Crippen molar-refractivity contribution < 1.29 is 14.6 Å². The number of aromatic carboxylic acids is 1. The maximum absolute atomic E-state index is 10.9. The van der Waals surface area contributed by atoms with Gasteiger partial charge in [0.25, 0.3) is 0 Å². The summed E-state index contributed by atoms with van der Waals surface area (Å²) in [7, 11) is 1.64. The molecule has 0 aliphatic rings. The predicted octanol–water partition coefficient (Wildman–Crippen LogP) is 2.95. The highest BCUT2D eigenvalue weighted by molar-refractivity contribution is 5.87. The van der Waals surface area contributed by atoms with Crippen molar-refractivity contribution in [3.05, 3.63) is 59.8 Å². The highest BCUT2D eigenvalue weighted by Gasteiger charge is 2.08. The van der Waals surface area contributed by atoms with Gasteiger partial charge in [0, 0.05) is 5.56 Å². The Kier molecular flexibility index (Phi) is 3.80. The molecule has 23 heavy (non-hydrogen) atoms. The quantitative estimate of drug-likeness (QED) is 0.801. The van der Waals surface area contributed by atoms with Gasteiger partial charge in [-0.15, -0.1) is 5.10 Å². The molecule has 0 amide bonds. The zero-order valence-electron chi connectivity index (χ0n) is 12.7. The Balaban J connectivity index is 1.91. The lowest BCUT2D eigenvalue weighted by Gasteiger charge is -2.05. The maximum atomic E-state index is 10.9. The van der Waals surface area contributed by atoms with E-state index in [1.54, 1.807) is 30.1 Å². The van der Waals surface area contributed by atoms with Gasteiger partial charge < -0.3 is 9.84 Å². The van der Waals surface area contributed by atoms with Crippen LogP contribution in [0.15, 0.2) is 48.7 Å². The lowest BCUT2D eigenvalue weighted by atomic mass is 10.1. The molecule has 0 aliphatic carbocycles. The number of benzene rings is 2. The highest BCUT2D eigenvalue weighted by atomic mass is 16.5. The third-order valence-electron chi connectivity index (χ3n) is 3.56. The van der Waals surface area contributed by atoms with E-state index < -0.39 is 5.97 Å². The minimum Gasteiger partial charge on any atom is -0.496 e. The predicted molar refractivity (Wildman–Crippen MR) is 85.0 cm³/mol. The number of rotatable bonds is 4. The average Bonchev–Trinajstić information content (AvgIpc) is 3.05. The molecule has 0 atom stereocenters. The lowest BCUT2D eigenvalue weighted by Crippen LogP contribution is -1.98. The number of nitrogens with zero attached hydrogens (tertiary/aromatic N) is 3. The summed E-state index contributed by atoms with van der Waals surface area (Å²) in [5.41, 5.74) is 3.68. The van der Waals surface area contributed by atoms with Crippen LogP contribution in [0, 0.1) is 6.92 Å². The highest BCUT2D eigenvalue weighted by Crippen LogP contribution is 2.25. The standard InChI is InChI=1S/C17H15N3O3/c1-11-9-13(5-8-16(11)23-2)15-10-20(19-18-15)14-6-3-12(4-7-14)17(21)22/h3-10H,1-2H3,(H,21,22). The van der Waals surface area contributed by atoms with Crippen molar-refractivity contribution in [2.45, 2.75) is 6.92 Å². The Labute approximate surface area is 133 Å². The van der Waals surface area contributed by atoms with Gasteiger partial charge in [-0.2, -0.15) is 0 Å². The Morgan fingerprint density at radius 3 is 2.52 bits per heavy atom. The SMILES string of the molecule is COc1ccc(-c2cn(-c3ccc(C(=O)O)cc3)nn2)cc1C. The molecule has 0 spiro atoms. The van der Waals surface area contributed by atoms with Gasteiger partial charge in [-0.05, 0) is 55.0 Å². The number of aryl methyl sites for hydroxylation is 1. The van der Waals surface area contributed by atoms with Gasteiger partial charge in [-0.25, -0.2) is 9.48 Å². The first-order valence-electron chi connectivity index (χ1n) is 6.99. The Bertz CT molecular complexity index is 854. The Hall–Kier alpha value is -3.15. The van der Waals surface area contributed by atoms with Crippen molar-refractivity contribution >= 4 is 5.97 Å². The van der Waals surface area contributed by atoms with Crippen LogP contribution in [0.4, 0.5) is 0 Å². The third-order valence-corrected chi connectivity index (χ3v) is 3.56. The molecule has 1 N–H and O–H groups in total. The molecule has 1 heterocycles. The molecule has 116 valence electrons. The zero-order chi connectivity index (χ0) is 16.4. The fourth-order valence-corrected chi connectivity index (χ4v) is 2.32. The van der Waals surface area contributed by atoms with Crippen molar-refractivity contribution in [1.29, 1.82) is 0 Å². The van der Waals surface area contributed by atoms with Crippen molar-refractivity contribution in [2.75, 3.05) is 7.11 Å². The molecule has 1 aromatic heterocycles. The summed E-state index contributed by atoms with van der Waals surface area (Å²) in [6.45, 7) is 1.97. The molecule has 0 radical (unpaired) electrons. The van der Waals surface area contributed by atoms with Crippen LogP contribution >= 0.6 is 0 Å². The molecule has 0 bridgehead atoms. The third kappa shape index (κ3) is 2.91. The molecule has 0 fully saturated rings. The summed E-state index contributed by atoms with van der Waals surface area (Å²) in [6, 6.07) is 12.3. The Morgan fingerprint density at radius 1 is 1.17 bits per heavy atom. The molecule has 6 heteroatoms. The largest absolute Gasteiger partial charge is 0.496 e. The minimum absolute atomic E-state index is 0.236. The van der Waals surface area contributed by atoms with Crippen molar-refractivity contribution in [3.63, 3.8) is 0 Å². The van der Waals surface area contributed by atoms with E-state index in [4.69, 9.17) is 9.84 Å². The monoisotopic (exact) mass is 309 g/mol. The number of carboxylic acids is 1. The smallest absolute Gasteiger partial charge is 0.335 e. The van der Waals surface area contributed by atoms with Gasteiger partial charge in [-0.1, -0.05) is 5.21 Å². The van der Waals surface area contributed by atoms with Crippen molar-refractivity contribution in [2.24, 2.45) is 0 Å². The molecule has 2 aromatic carbocycles. The van der Waals surface area contributed by atoms with Crippen LogP contribution in [0.25, 0.3) is 16.9 Å². The molecular weight excluding hydrogens is 294 g/mol. The molecule has 0 saturated carbocycles. The second-order valence-electron chi connectivity index (χ2n) is 5.08. The van der Waals surface area contributed by atoms with Crippen LogP contribution in [0.3, 0.4) is 0 Å². The molecular formula is C17H15N3O3. The summed E-state index contributed by atoms with van der Waals surface area (Å²) in [4.78, 5) is 10.9. The summed E-state index contributed by atoms with van der Waals surface area (Å²) in [5.74, 6) is -0.130. The van der Waals surface area contributed by atoms with Crippen molar-refractivity contribution in [3.8, 4) is 22.7 Å². The van der Waals surface area contributed by atoms with Crippen molar-refractivity contribution in [1.82, 2.24) is 15.0 Å². The van der Waals surface area contributed by atoms with Crippen LogP contribution in [-0.4, -0.2) is 33.2 Å². The Morgan fingerprint density at radius 2 is 1.91 bits per heavy atom. The van der Waals surface area contributed by atoms with Gasteiger partial charge in [-0.3, -0.25) is 0 Å². The summed E-state index contributed by atoms with van der Waals surface area (Å²) >= 11 is 0. The van der Waals surface area contributed by atoms with Gasteiger partial charge >= 0.3 is 5.97 Å². The normalized spacial score (nSPS) is 10.5. The molecule has 3 rings (SSSR count). The number of carbonyl (C=O) groups is 1. The fraction of sp³-hybridized carbons (Fsp3) is 0.118. The zero-order valence-corrected chi connectivity index (χ0v) is 12.7. The van der Waals surface area contributed by atoms with E-state index in [0.29, 0.717) is 0 Å². The summed E-state index contributed by atoms with van der Waals surface area (Å²) in [5, 5.41) is 17.2. The van der Waals surface area contributed by atoms with Gasteiger partial charge in [0.05, 0.1) is 24.6 Å². The van der Waals surface area contributed by atoms with Crippen LogP contribution in [0.1, 0.15) is 15.9 Å². The number of carboxylic acid groups (broad SMARTS) is 1. The number of hydrogen-bond donors (Lipinski definition) is 1. The van der Waals surface area contributed by atoms with Gasteiger partial charge in [0.1, 0.15) is 11.4 Å². The van der Waals surface area contributed by atoms with Crippen LogP contribution in [0.2, 0.25) is 0 Å². The second-order valence-corrected chi connectivity index (χ2v) is 5.08. The molecule has 6 nitrogen and oxygen atoms in total. The first-order chi connectivity index (χ1) is 11.1. The summed E-state index contributed by atoms with van der Waals surface area (Å²) in [6.07, 6.45) is 1.80. The minimum atomic E-state index is -0.954. The molecule has 0 aliphatic heterocycles. The molecule has 3 aromatic rings. The second kappa shape index (κ2) is 5.92. The van der Waals surface area contributed by atoms with Gasteiger partial charge in [0.2, 0.25) is 0 Å². The number of hydrogen-bond acceptors (Lipinski definition) is 4. The van der Waals surface area contributed by atoms with E-state index in [2.05, 4.69) is 10.3 Å². The number of ether oxygens (including phenoxy) is 1. The van der Waals surface area contributed by atoms with Crippen LogP contribution < -0.4 is 4.74 Å². The maximum Gasteiger partial charge on any atom is 0.335 e. The van der Waals surface area contributed by atoms with E-state index in [1.165, 1.54) is 12.1 Å². The average molecular weight is 309 g/mol. The van der Waals surface area contributed by atoms with E-state index in [1.807, 2.05) is 25.1 Å². The first-order valence-corrected chi connectivity index (χ1v) is 6.99. The van der Waals surface area contributed by atoms with Gasteiger partial charge in [0.15, 0.2) is 0 Å². The fourth-order valence-electron chi connectivity index (χ4n) is 2.32. The van der Waals surface area contributed by atoms with Crippen LogP contribution in [-0.2, 0) is 0 Å². The van der Waals surface area contributed by atoms with E-state index in [0.717, 1.165) is 28.3 Å². The van der Waals surface area contributed by atoms with E-state index in [9.17, 15) is 4.79 Å². The van der Waals surface area contributed by atoms with Crippen LogP contribution in [0.5, 0.6) is 5.75 Å². The summed E-state index contributed by atoms with van der Waals surface area (Å²) < 4.78 is 6.86. The molecule has 0 saturated heterocycles.